The summed E-state index contributed by atoms with van der Waals surface area (Å²) in [5.74, 6) is -6.64. The molecule has 14 heteroatoms. The van der Waals surface area contributed by atoms with Gasteiger partial charge >= 0.3 is 5.69 Å². The summed E-state index contributed by atoms with van der Waals surface area (Å²) in [6, 6.07) is 1.54. The smallest absolute Gasteiger partial charge is 0.354 e. The molecule has 2 aromatic heterocycles. The van der Waals surface area contributed by atoms with Gasteiger partial charge in [-0.2, -0.15) is 4.98 Å². The Morgan fingerprint density at radius 1 is 1.15 bits per heavy atom. The Labute approximate surface area is 265 Å². The zero-order chi connectivity index (χ0) is 33.4. The first kappa shape index (κ1) is 31.1. The summed E-state index contributed by atoms with van der Waals surface area (Å²) in [5, 5.41) is 12.6. The second-order valence-electron chi connectivity index (χ2n) is 11.6. The minimum Gasteiger partial charge on any atom is -0.507 e. The molecule has 46 heavy (non-hydrogen) atoms. The van der Waals surface area contributed by atoms with E-state index in [0.29, 0.717) is 17.3 Å². The first-order chi connectivity index (χ1) is 21.8. The number of aryl methyl sites for hydroxylation is 1. The minimum absolute atomic E-state index is 0.0200. The van der Waals surface area contributed by atoms with Gasteiger partial charge in [-0.25, -0.2) is 18.0 Å². The predicted molar refractivity (Wildman–Crippen MR) is 167 cm³/mol. The SMILES string of the molecule is C=CC(=O)N1CC2C(=O)Nc3c(F)c(-c4c(O)ccc(F)c4F)c(Cl)c4c3c(nc(=O)n4-c3c(C)ccnc3C(C)C)N2CC1C. The van der Waals surface area contributed by atoms with E-state index in [9.17, 15) is 23.9 Å². The van der Waals surface area contributed by atoms with Crippen LogP contribution in [0, 0.1) is 24.4 Å². The van der Waals surface area contributed by atoms with Crippen LogP contribution in [-0.2, 0) is 9.59 Å². The third-order valence-electron chi connectivity index (χ3n) is 8.46. The number of benzene rings is 2. The minimum atomic E-state index is -1.60. The molecule has 0 spiro atoms. The maximum absolute atomic E-state index is 16.8. The summed E-state index contributed by atoms with van der Waals surface area (Å²) in [7, 11) is 0. The van der Waals surface area contributed by atoms with E-state index >= 15 is 8.78 Å². The van der Waals surface area contributed by atoms with Gasteiger partial charge in [-0.15, -0.1) is 0 Å². The lowest BCUT2D eigenvalue weighted by molar-refractivity contribution is -0.130. The highest BCUT2D eigenvalue weighted by atomic mass is 35.5. The van der Waals surface area contributed by atoms with Crippen molar-refractivity contribution in [3.8, 4) is 22.6 Å². The molecular weight excluding hydrogens is 625 g/mol. The average Bonchev–Trinajstić information content (AvgIpc) is 3.12. The fourth-order valence-corrected chi connectivity index (χ4v) is 6.63. The Morgan fingerprint density at radius 2 is 1.87 bits per heavy atom. The molecule has 4 aromatic rings. The molecule has 2 aliphatic rings. The van der Waals surface area contributed by atoms with Crippen molar-refractivity contribution in [3.05, 3.63) is 81.3 Å². The summed E-state index contributed by atoms with van der Waals surface area (Å²) in [4.78, 5) is 52.4. The lowest BCUT2D eigenvalue weighted by atomic mass is 9.98. The Balaban J connectivity index is 1.80. The molecule has 0 saturated carbocycles. The molecule has 0 radical (unpaired) electrons. The van der Waals surface area contributed by atoms with E-state index in [1.807, 2.05) is 13.8 Å². The highest BCUT2D eigenvalue weighted by Crippen LogP contribution is 2.49. The molecule has 6 rings (SSSR count). The van der Waals surface area contributed by atoms with Crippen LogP contribution in [0.2, 0.25) is 5.02 Å². The van der Waals surface area contributed by atoms with Crippen LogP contribution in [-0.4, -0.2) is 61.5 Å². The van der Waals surface area contributed by atoms with Gasteiger partial charge in [0.2, 0.25) is 11.8 Å². The van der Waals surface area contributed by atoms with Gasteiger partial charge in [0.1, 0.15) is 17.6 Å². The largest absolute Gasteiger partial charge is 0.507 e. The number of fused-ring (bicyclic) bond motifs is 2. The summed E-state index contributed by atoms with van der Waals surface area (Å²) < 4.78 is 47.9. The summed E-state index contributed by atoms with van der Waals surface area (Å²) >= 11 is 6.95. The van der Waals surface area contributed by atoms with Crippen molar-refractivity contribution in [3.63, 3.8) is 0 Å². The van der Waals surface area contributed by atoms with Crippen molar-refractivity contribution in [2.45, 2.75) is 45.7 Å². The number of aromatic hydroxyl groups is 1. The first-order valence-corrected chi connectivity index (χ1v) is 14.8. The van der Waals surface area contributed by atoms with Crippen LogP contribution in [0.15, 0.2) is 41.8 Å². The molecule has 0 aliphatic carbocycles. The fraction of sp³-hybridized carbons (Fsp3) is 0.281. The van der Waals surface area contributed by atoms with Crippen molar-refractivity contribution in [2.75, 3.05) is 23.3 Å². The maximum atomic E-state index is 16.8. The van der Waals surface area contributed by atoms with Crippen LogP contribution in [0.4, 0.5) is 24.7 Å². The van der Waals surface area contributed by atoms with Gasteiger partial charge in [-0.3, -0.25) is 19.1 Å². The molecule has 2 amide bonds. The molecular formula is C32H28ClF3N6O4. The van der Waals surface area contributed by atoms with Gasteiger partial charge in [0, 0.05) is 24.3 Å². The van der Waals surface area contributed by atoms with E-state index in [4.69, 9.17) is 11.6 Å². The number of nitrogens with one attached hydrogen (secondary N) is 1. The number of anilines is 2. The molecule has 0 bridgehead atoms. The van der Waals surface area contributed by atoms with Crippen molar-refractivity contribution >= 4 is 45.8 Å². The van der Waals surface area contributed by atoms with Crippen molar-refractivity contribution in [1.82, 2.24) is 19.4 Å². The molecule has 10 nitrogen and oxygen atoms in total. The van der Waals surface area contributed by atoms with E-state index in [1.54, 1.807) is 26.1 Å². The molecule has 1 saturated heterocycles. The number of piperazine rings is 1. The topological polar surface area (TPSA) is 121 Å². The standard InChI is InChI=1S/C32H28ClF3N6O4/c1-6-19(44)40-12-17-31(45)38-27-22-29(23(33)21(25(27)36)20-18(43)8-7-16(34)24(20)35)42(28-14(4)9-10-37-26(28)13(2)3)32(46)39-30(22)41(17)11-15(40)5/h6-10,13,15,17,43H,1,11-12H2,2-5H3,(H,38,45). The van der Waals surface area contributed by atoms with Gasteiger partial charge in [-0.1, -0.05) is 32.0 Å². The molecule has 2 aliphatic heterocycles. The Bertz CT molecular complexity index is 2070. The second-order valence-corrected chi connectivity index (χ2v) is 12.0. The van der Waals surface area contributed by atoms with E-state index < -0.39 is 74.6 Å². The first-order valence-electron chi connectivity index (χ1n) is 14.4. The van der Waals surface area contributed by atoms with Crippen LogP contribution in [0.1, 0.15) is 37.9 Å². The number of hydrogen-bond donors (Lipinski definition) is 2. The third kappa shape index (κ3) is 4.51. The summed E-state index contributed by atoms with van der Waals surface area (Å²) in [6.07, 6.45) is 2.67. The van der Waals surface area contributed by atoms with Crippen molar-refractivity contribution in [2.24, 2.45) is 0 Å². The molecule has 2 atom stereocenters. The number of hydrogen-bond acceptors (Lipinski definition) is 7. The van der Waals surface area contributed by atoms with Crippen LogP contribution in [0.5, 0.6) is 5.75 Å². The quantitative estimate of drug-likeness (QED) is 0.291. The summed E-state index contributed by atoms with van der Waals surface area (Å²) in [5.41, 5.74) is -1.95. The van der Waals surface area contributed by atoms with Crippen LogP contribution in [0.3, 0.4) is 0 Å². The Hall–Kier alpha value is -4.91. The van der Waals surface area contributed by atoms with E-state index in [2.05, 4.69) is 21.9 Å². The van der Waals surface area contributed by atoms with Crippen molar-refractivity contribution in [1.29, 1.82) is 0 Å². The van der Waals surface area contributed by atoms with Crippen molar-refractivity contribution < 1.29 is 27.9 Å². The number of pyridine rings is 1. The van der Waals surface area contributed by atoms with E-state index in [-0.39, 0.29) is 41.4 Å². The number of carbonyl (C=O) groups excluding carboxylic acids is 2. The number of aromatic nitrogens is 3. The third-order valence-corrected chi connectivity index (χ3v) is 8.83. The maximum Gasteiger partial charge on any atom is 0.354 e. The fourth-order valence-electron chi connectivity index (χ4n) is 6.28. The number of phenolic OH excluding ortho intramolecular Hbond substituents is 1. The predicted octanol–water partition coefficient (Wildman–Crippen LogP) is 5.20. The zero-order valence-electron chi connectivity index (χ0n) is 25.2. The lowest BCUT2D eigenvalue weighted by Gasteiger charge is -2.44. The Morgan fingerprint density at radius 3 is 2.54 bits per heavy atom. The molecule has 1 fully saturated rings. The highest BCUT2D eigenvalue weighted by molar-refractivity contribution is 6.39. The van der Waals surface area contributed by atoms with Gasteiger partial charge in [-0.05, 0) is 49.6 Å². The lowest BCUT2D eigenvalue weighted by Crippen LogP contribution is -2.62. The van der Waals surface area contributed by atoms with Gasteiger partial charge < -0.3 is 20.2 Å². The van der Waals surface area contributed by atoms with Gasteiger partial charge in [0.05, 0.1) is 45.1 Å². The number of amides is 2. The number of nitrogens with zero attached hydrogens (tertiary/aromatic N) is 5. The molecule has 2 N–H and O–H groups in total. The molecule has 2 aromatic carbocycles. The van der Waals surface area contributed by atoms with E-state index in [1.165, 1.54) is 9.80 Å². The van der Waals surface area contributed by atoms with Gasteiger partial charge in [0.25, 0.3) is 0 Å². The van der Waals surface area contributed by atoms with Crippen LogP contribution < -0.4 is 15.9 Å². The molecule has 2 unspecified atom stereocenters. The zero-order valence-corrected chi connectivity index (χ0v) is 25.9. The van der Waals surface area contributed by atoms with Crippen LogP contribution >= 0.6 is 11.6 Å². The van der Waals surface area contributed by atoms with Gasteiger partial charge in [0.15, 0.2) is 17.5 Å². The second kappa shape index (κ2) is 11.2. The molecule has 4 heterocycles. The number of rotatable bonds is 4. The highest BCUT2D eigenvalue weighted by Gasteiger charge is 2.43. The number of phenols is 1. The molecule has 238 valence electrons. The number of carbonyl (C=O) groups is 2. The normalized spacial score (nSPS) is 17.6. The summed E-state index contributed by atoms with van der Waals surface area (Å²) in [6.45, 7) is 10.5. The van der Waals surface area contributed by atoms with Crippen LogP contribution in [0.25, 0.3) is 27.7 Å². The number of halogens is 4. The van der Waals surface area contributed by atoms with E-state index in [0.717, 1.165) is 16.7 Å². The average molecular weight is 653 g/mol. The Kier molecular flexibility index (Phi) is 7.54. The monoisotopic (exact) mass is 652 g/mol.